The number of nitrogens with zero attached hydrogens (tertiary/aromatic N) is 3. The highest BCUT2D eigenvalue weighted by Crippen LogP contribution is 2.43. The van der Waals surface area contributed by atoms with Crippen molar-refractivity contribution in [1.82, 2.24) is 14.8 Å². The molecule has 0 aliphatic heterocycles. The van der Waals surface area contributed by atoms with Crippen LogP contribution in [0.2, 0.25) is 0 Å². The number of amides is 1. The van der Waals surface area contributed by atoms with Crippen LogP contribution < -0.4 is 11.5 Å². The first-order valence-electron chi connectivity index (χ1n) is 12.5. The van der Waals surface area contributed by atoms with Gasteiger partial charge in [-0.05, 0) is 56.7 Å². The molecule has 1 amide bonds. The van der Waals surface area contributed by atoms with Crippen molar-refractivity contribution in [3.63, 3.8) is 0 Å². The third-order valence-electron chi connectivity index (χ3n) is 6.96. The Hall–Kier alpha value is -2.76. The van der Waals surface area contributed by atoms with E-state index < -0.39 is 0 Å². The SMILES string of the molecule is C/C(=C/C(=C\N)c1[nH]c2cc(C3CCCCC(N(C)CC(N)=O)C3)sc2c1C(C)C)CN(C)C#N. The lowest BCUT2D eigenvalue weighted by molar-refractivity contribution is -0.119. The largest absolute Gasteiger partial charge is 0.404 e. The molecule has 0 spiro atoms. The number of nitrogens with one attached hydrogen (secondary N) is 1. The summed E-state index contributed by atoms with van der Waals surface area (Å²) >= 11 is 1.90. The third-order valence-corrected chi connectivity index (χ3v) is 8.29. The molecule has 2 unspecified atom stereocenters. The van der Waals surface area contributed by atoms with Crippen molar-refractivity contribution in [3.05, 3.63) is 40.0 Å². The number of thiophene rings is 1. The second-order valence-electron chi connectivity index (χ2n) is 10.3. The number of aromatic nitrogens is 1. The van der Waals surface area contributed by atoms with Gasteiger partial charge in [0, 0.05) is 36.3 Å². The average Bonchev–Trinajstić information content (AvgIpc) is 3.24. The Balaban J connectivity index is 1.93. The molecule has 0 aromatic carbocycles. The van der Waals surface area contributed by atoms with Gasteiger partial charge in [0.1, 0.15) is 0 Å². The van der Waals surface area contributed by atoms with Crippen LogP contribution in [0.3, 0.4) is 0 Å². The number of primary amides is 1. The van der Waals surface area contributed by atoms with Crippen molar-refractivity contribution in [2.75, 3.05) is 27.2 Å². The van der Waals surface area contributed by atoms with Gasteiger partial charge in [-0.15, -0.1) is 11.3 Å². The van der Waals surface area contributed by atoms with Crippen LogP contribution in [0.4, 0.5) is 0 Å². The number of nitriles is 1. The fourth-order valence-electron chi connectivity index (χ4n) is 5.29. The van der Waals surface area contributed by atoms with E-state index in [2.05, 4.69) is 42.1 Å². The quantitative estimate of drug-likeness (QED) is 0.199. The molecule has 1 aliphatic rings. The summed E-state index contributed by atoms with van der Waals surface area (Å²) in [6, 6.07) is 2.70. The molecule has 7 nitrogen and oxygen atoms in total. The summed E-state index contributed by atoms with van der Waals surface area (Å²) in [7, 11) is 3.79. The molecule has 5 N–H and O–H groups in total. The lowest BCUT2D eigenvalue weighted by atomic mass is 9.95. The van der Waals surface area contributed by atoms with Gasteiger partial charge in [0.15, 0.2) is 6.19 Å². The van der Waals surface area contributed by atoms with Crippen LogP contribution in [0.5, 0.6) is 0 Å². The van der Waals surface area contributed by atoms with Gasteiger partial charge in [0.05, 0.1) is 22.5 Å². The van der Waals surface area contributed by atoms with Gasteiger partial charge < -0.3 is 21.4 Å². The van der Waals surface area contributed by atoms with E-state index in [9.17, 15) is 4.79 Å². The van der Waals surface area contributed by atoms with Crippen LogP contribution in [0, 0.1) is 11.5 Å². The molecule has 2 aromatic rings. The molecule has 2 atom stereocenters. The summed E-state index contributed by atoms with van der Waals surface area (Å²) in [5.41, 5.74) is 17.1. The van der Waals surface area contributed by atoms with Gasteiger partial charge in [0.25, 0.3) is 0 Å². The minimum Gasteiger partial charge on any atom is -0.404 e. The molecule has 0 saturated heterocycles. The van der Waals surface area contributed by atoms with E-state index in [1.807, 2.05) is 25.3 Å². The Labute approximate surface area is 213 Å². The Kier molecular flexibility index (Phi) is 9.03. The zero-order chi connectivity index (χ0) is 25.7. The van der Waals surface area contributed by atoms with Gasteiger partial charge in [-0.3, -0.25) is 9.69 Å². The topological polar surface area (TPSA) is 115 Å². The summed E-state index contributed by atoms with van der Waals surface area (Å²) in [4.78, 5) is 20.3. The number of carbonyl (C=O) groups excluding carboxylic acids is 1. The maximum atomic E-state index is 11.5. The predicted octanol–water partition coefficient (Wildman–Crippen LogP) is 4.84. The maximum Gasteiger partial charge on any atom is 0.231 e. The normalized spacial score (nSPS) is 19.8. The lowest BCUT2D eigenvalue weighted by Crippen LogP contribution is -2.38. The van der Waals surface area contributed by atoms with Crippen molar-refractivity contribution < 1.29 is 4.79 Å². The number of carbonyl (C=O) groups is 1. The highest BCUT2D eigenvalue weighted by atomic mass is 32.1. The minimum absolute atomic E-state index is 0.265. The van der Waals surface area contributed by atoms with Crippen molar-refractivity contribution in [2.24, 2.45) is 11.5 Å². The van der Waals surface area contributed by atoms with Crippen LogP contribution in [-0.4, -0.2) is 53.9 Å². The Morgan fingerprint density at radius 3 is 2.66 bits per heavy atom. The van der Waals surface area contributed by atoms with E-state index >= 15 is 0 Å². The fraction of sp³-hybridized carbons (Fsp3) is 0.556. The molecule has 2 aromatic heterocycles. The molecule has 1 aliphatic carbocycles. The van der Waals surface area contributed by atoms with Crippen molar-refractivity contribution in [1.29, 1.82) is 5.26 Å². The summed E-state index contributed by atoms with van der Waals surface area (Å²) in [5.74, 6) is 0.554. The maximum absolute atomic E-state index is 11.5. The summed E-state index contributed by atoms with van der Waals surface area (Å²) in [6.45, 7) is 7.35. The van der Waals surface area contributed by atoms with E-state index in [1.165, 1.54) is 34.4 Å². The van der Waals surface area contributed by atoms with Crippen molar-refractivity contribution >= 4 is 33.0 Å². The second-order valence-corrected chi connectivity index (χ2v) is 11.4. The molecule has 2 heterocycles. The Bertz CT molecular complexity index is 1130. The molecule has 8 heteroatoms. The van der Waals surface area contributed by atoms with Gasteiger partial charge >= 0.3 is 0 Å². The van der Waals surface area contributed by atoms with Crippen molar-refractivity contribution in [3.8, 4) is 6.19 Å². The summed E-state index contributed by atoms with van der Waals surface area (Å²) < 4.78 is 1.30. The van der Waals surface area contributed by atoms with Crippen LogP contribution in [0.25, 0.3) is 15.8 Å². The highest BCUT2D eigenvalue weighted by Gasteiger charge is 2.27. The first-order chi connectivity index (χ1) is 16.6. The molecule has 0 radical (unpaired) electrons. The number of likely N-dealkylation sites (N-methyl/N-ethyl adjacent to an activating group) is 2. The van der Waals surface area contributed by atoms with Crippen LogP contribution in [-0.2, 0) is 4.79 Å². The molecule has 3 rings (SSSR count). The zero-order valence-electron chi connectivity index (χ0n) is 21.7. The number of H-pyrrole nitrogens is 1. The second kappa shape index (κ2) is 11.8. The van der Waals surface area contributed by atoms with E-state index in [1.54, 1.807) is 18.1 Å². The molecule has 35 heavy (non-hydrogen) atoms. The minimum atomic E-state index is -0.265. The third kappa shape index (κ3) is 6.47. The number of nitrogens with two attached hydrogens (primary N) is 2. The highest BCUT2D eigenvalue weighted by molar-refractivity contribution is 7.19. The fourth-order valence-corrected chi connectivity index (χ4v) is 6.75. The molecular formula is C27H40N6OS. The van der Waals surface area contributed by atoms with E-state index in [-0.39, 0.29) is 5.91 Å². The molecule has 1 saturated carbocycles. The molecule has 1 fully saturated rings. The molecular weight excluding hydrogens is 456 g/mol. The lowest BCUT2D eigenvalue weighted by Gasteiger charge is -2.28. The van der Waals surface area contributed by atoms with Crippen LogP contribution in [0.15, 0.2) is 23.9 Å². The van der Waals surface area contributed by atoms with Gasteiger partial charge in [-0.2, -0.15) is 5.26 Å². The monoisotopic (exact) mass is 496 g/mol. The number of hydrogen-bond acceptors (Lipinski definition) is 6. The first-order valence-corrected chi connectivity index (χ1v) is 13.3. The van der Waals surface area contributed by atoms with Gasteiger partial charge in [0.2, 0.25) is 5.91 Å². The molecule has 190 valence electrons. The zero-order valence-corrected chi connectivity index (χ0v) is 22.5. The molecule has 0 bridgehead atoms. The van der Waals surface area contributed by atoms with Gasteiger partial charge in [-0.25, -0.2) is 0 Å². The van der Waals surface area contributed by atoms with E-state index in [0.717, 1.165) is 35.2 Å². The number of hydrogen-bond donors (Lipinski definition) is 3. The van der Waals surface area contributed by atoms with E-state index in [4.69, 9.17) is 16.7 Å². The first kappa shape index (κ1) is 26.8. The summed E-state index contributed by atoms with van der Waals surface area (Å²) in [6.07, 6.45) is 11.6. The average molecular weight is 497 g/mol. The van der Waals surface area contributed by atoms with E-state index in [0.29, 0.717) is 31.0 Å². The number of allylic oxidation sites excluding steroid dienone is 2. The van der Waals surface area contributed by atoms with Crippen LogP contribution in [0.1, 0.15) is 80.8 Å². The number of aromatic amines is 1. The standard InChI is InChI=1S/C27H40N6OS/c1-17(2)25-26(20(13-28)10-18(3)14-32(4)16-29)31-22-12-23(35-27(22)25)19-8-6-7-9-21(11-19)33(5)15-24(30)34/h10,12-13,17,19,21,31H,6-9,11,14-15,28H2,1-5H3,(H2,30,34)/b18-10-,20-13+. The predicted molar refractivity (Wildman–Crippen MR) is 146 cm³/mol. The summed E-state index contributed by atoms with van der Waals surface area (Å²) in [5, 5.41) is 9.09. The Morgan fingerprint density at radius 2 is 2.03 bits per heavy atom. The number of rotatable bonds is 9. The van der Waals surface area contributed by atoms with Gasteiger partial charge in [-0.1, -0.05) is 38.3 Å². The Morgan fingerprint density at radius 1 is 1.31 bits per heavy atom. The van der Waals surface area contributed by atoms with Crippen molar-refractivity contribution in [2.45, 2.75) is 70.8 Å². The van der Waals surface area contributed by atoms with Crippen LogP contribution >= 0.6 is 11.3 Å². The smallest absolute Gasteiger partial charge is 0.231 e. The number of fused-ring (bicyclic) bond motifs is 1.